The molecule has 24 aromatic rings. The third kappa shape index (κ3) is 9.00. The van der Waals surface area contributed by atoms with Crippen molar-refractivity contribution < 1.29 is 41.6 Å². The van der Waals surface area contributed by atoms with Gasteiger partial charge in [0.25, 0.3) is 17.1 Å². The number of nitrogens with zero attached hydrogens (tertiary/aromatic N) is 12. The molecule has 12 aromatic carbocycles. The van der Waals surface area contributed by atoms with Gasteiger partial charge in [-0.05, 0) is 227 Å². The second kappa shape index (κ2) is 26.2. The molecule has 24 heterocycles. The van der Waals surface area contributed by atoms with Gasteiger partial charge in [0.05, 0.1) is 101 Å². The van der Waals surface area contributed by atoms with Crippen LogP contribution >= 0.6 is 0 Å². The highest BCUT2D eigenvalue weighted by molar-refractivity contribution is 6.91. The number of rotatable bonds is 4. The van der Waals surface area contributed by atoms with E-state index in [0.717, 1.165) is 34.9 Å². The van der Waals surface area contributed by atoms with E-state index in [1.54, 1.807) is 5.56 Å². The molecule has 0 radical (unpaired) electrons. The van der Waals surface area contributed by atoms with E-state index >= 15 is 0 Å². The lowest BCUT2D eigenvalue weighted by Crippen LogP contribution is -2.75. The average Bonchev–Trinajstić information content (AvgIpc) is 1.46. The van der Waals surface area contributed by atoms with Gasteiger partial charge in [-0.15, -0.1) is 27.4 Å². The van der Waals surface area contributed by atoms with Crippen molar-refractivity contribution in [1.82, 2.24) is 27.4 Å². The minimum Gasteiger partial charge on any atom is -0.404 e. The van der Waals surface area contributed by atoms with Crippen molar-refractivity contribution in [2.45, 2.75) is 185 Å². The van der Waals surface area contributed by atoms with Gasteiger partial charge in [0.2, 0.25) is 17.1 Å². The third-order valence-corrected chi connectivity index (χ3v) is 41.6. The zero-order valence-corrected chi connectivity index (χ0v) is 87.0. The highest BCUT2D eigenvalue weighted by Crippen LogP contribution is 2.65. The number of ether oxygens (including phenoxy) is 3. The zero-order valence-electron chi connectivity index (χ0n) is 85.0. The summed E-state index contributed by atoms with van der Waals surface area (Å²) in [7, 11) is -3.55. The summed E-state index contributed by atoms with van der Waals surface area (Å²) in [6, 6.07) is 111. The topological polar surface area (TPSA) is 80.5 Å². The maximum atomic E-state index is 7.24. The molecule has 2 saturated carbocycles. The maximum absolute atomic E-state index is 7.24. The molecule has 3 unspecified atom stereocenters. The summed E-state index contributed by atoms with van der Waals surface area (Å²) in [5.74, 6) is 6.81. The fourth-order valence-electron chi connectivity index (χ4n) is 31.8. The Bertz CT molecular complexity index is 10300. The molecule has 710 valence electrons. The summed E-state index contributed by atoms with van der Waals surface area (Å²) < 4.78 is 52.9. The first kappa shape index (κ1) is 81.4. The SMILES string of the molecule is CC(C)(C)c1cc2[n+]3c(c1)-c1cc(C(C)(C)C)c4c5ccccc5n5c4[n+]1C31c3c(cccc3-n3c4ccccc4c4ccc-5c1c43)O2.C[Si](C)(C)c1cc2[n+]3c(c1)-c1cc([Si](C)(C)C)c4c5ccccc5n5c4[n+]1C31c3c(cccc3-n3c4ccccc4c4ccc-5c1c43)O2.c1cc2c3c(c1)-n1c4ccccc4c4ccc5c(c41)C31[n+]3c(cc(C4CCCCC4)cc3-c3cc(C4CCCCC4)c4c6ccccc6n-5c4[n+]31)O2. The number of fused-ring (bicyclic) bond motifs is 27. The van der Waals surface area contributed by atoms with Crippen LogP contribution in [-0.4, -0.2) is 43.6 Å². The number of benzene rings is 12. The lowest BCUT2D eigenvalue weighted by atomic mass is 9.80. The molecular formula is C131H106N12O3Si2+6. The van der Waals surface area contributed by atoms with Crippen molar-refractivity contribution in [3.8, 4) is 103 Å². The molecule has 2 fully saturated rings. The predicted molar refractivity (Wildman–Crippen MR) is 593 cm³/mol. The minimum absolute atomic E-state index is 0.0612. The summed E-state index contributed by atoms with van der Waals surface area (Å²) in [5.41, 5.74) is 41.7. The van der Waals surface area contributed by atoms with E-state index in [0.29, 0.717) is 11.8 Å². The predicted octanol–water partition coefficient (Wildman–Crippen LogP) is 27.2. The van der Waals surface area contributed by atoms with Gasteiger partial charge in [-0.3, -0.25) is 0 Å². The summed E-state index contributed by atoms with van der Waals surface area (Å²) in [5, 5.41) is 18.9. The molecule has 3 spiro atoms. The molecule has 0 amide bonds. The number of hydrogen-bond donors (Lipinski definition) is 0. The molecule has 17 heteroatoms. The van der Waals surface area contributed by atoms with Crippen molar-refractivity contribution in [3.05, 3.63) is 347 Å². The molecule has 14 aliphatic rings. The van der Waals surface area contributed by atoms with Crippen molar-refractivity contribution in [2.24, 2.45) is 0 Å². The average molecular weight is 1950 g/mol. The van der Waals surface area contributed by atoms with Crippen LogP contribution in [0.4, 0.5) is 0 Å². The molecule has 148 heavy (non-hydrogen) atoms. The van der Waals surface area contributed by atoms with Gasteiger partial charge < -0.3 is 27.9 Å². The molecule has 0 saturated heterocycles. The van der Waals surface area contributed by atoms with Gasteiger partial charge in [0.1, 0.15) is 49.9 Å². The van der Waals surface area contributed by atoms with E-state index < -0.39 is 33.1 Å². The lowest BCUT2D eigenvalue weighted by Gasteiger charge is -2.37. The lowest BCUT2D eigenvalue weighted by molar-refractivity contribution is -0.932. The maximum Gasteiger partial charge on any atom is 0.378 e. The van der Waals surface area contributed by atoms with Crippen LogP contribution in [0, 0.1) is 0 Å². The van der Waals surface area contributed by atoms with Gasteiger partial charge in [-0.1, -0.05) is 229 Å². The van der Waals surface area contributed by atoms with E-state index in [1.165, 1.54) is 324 Å². The molecule has 2 aliphatic carbocycles. The summed E-state index contributed by atoms with van der Waals surface area (Å²) in [4.78, 5) is 0. The second-order valence-corrected chi connectivity index (χ2v) is 59.2. The molecule has 12 aromatic heterocycles. The van der Waals surface area contributed by atoms with Crippen LogP contribution in [0.5, 0.6) is 34.9 Å². The Balaban J connectivity index is 0.0000000919. The normalized spacial score (nSPS) is 18.7. The van der Waals surface area contributed by atoms with Crippen LogP contribution < -0.4 is 52.0 Å². The summed E-state index contributed by atoms with van der Waals surface area (Å²) in [6.45, 7) is 28.8. The second-order valence-electron chi connectivity index (χ2n) is 49.1. The van der Waals surface area contributed by atoms with E-state index in [1.807, 2.05) is 0 Å². The first-order valence-electron chi connectivity index (χ1n) is 54.1. The third-order valence-electron chi connectivity index (χ3n) is 37.5. The fourth-order valence-corrected chi connectivity index (χ4v) is 34.5. The molecule has 38 rings (SSSR count). The summed E-state index contributed by atoms with van der Waals surface area (Å²) in [6.07, 6.45) is 13.0. The van der Waals surface area contributed by atoms with Gasteiger partial charge in [0, 0.05) is 66.7 Å². The van der Waals surface area contributed by atoms with Crippen LogP contribution in [0.15, 0.2) is 291 Å². The number of para-hydroxylation sites is 6. The Morgan fingerprint density at radius 1 is 0.277 bits per heavy atom. The molecule has 0 bridgehead atoms. The Morgan fingerprint density at radius 2 is 0.635 bits per heavy atom. The van der Waals surface area contributed by atoms with Crippen molar-refractivity contribution in [3.63, 3.8) is 0 Å². The van der Waals surface area contributed by atoms with Gasteiger partial charge in [0.15, 0.2) is 34.3 Å². The van der Waals surface area contributed by atoms with Crippen molar-refractivity contribution >= 4 is 158 Å². The van der Waals surface area contributed by atoms with Crippen molar-refractivity contribution in [2.75, 3.05) is 0 Å². The quantitative estimate of drug-likeness (QED) is 0.130. The Hall–Kier alpha value is -15.8. The van der Waals surface area contributed by atoms with E-state index in [4.69, 9.17) is 14.2 Å². The number of aromatic nitrogens is 12. The molecular weight excluding hydrogens is 1850 g/mol. The molecule has 0 N–H and O–H groups in total. The van der Waals surface area contributed by atoms with Crippen LogP contribution in [0.1, 0.15) is 173 Å². The fraction of sp³-hybridized carbons (Fsp3) is 0.221. The number of hydrogen-bond acceptors (Lipinski definition) is 3. The number of pyridine rings is 6. The molecule has 12 aliphatic heterocycles. The standard InChI is InChI=1S/C47H38N4O.C43H34N4O.C41H34N4OSi2/c1-3-12-27(13-4-1)29-24-38-39-26-33(28-14-5-2-6-15-28)42-32-17-8-10-19-35(32)49-37-23-22-31-30-16-7-9-18-34(30)48-36-20-11-21-40-43(36)47(44(37)45(31)48,51(39)46(42)49)50(38)41(25-29)52-40;1-41(2,3)23-20-32-33-22-27(42(4,5)6)36-26-13-8-10-15-29(26)45-31-19-18-25-24-12-7-9-14-28(24)44-30-16-11-17-34-37(30)43(38(31)39(25)44,47(33)40(36)45)46(32)35(21-23)48-34;1-47(2,3)23-20-31-32-22-34(48(4,5)6)36-26-13-8-10-15-28(26)43-30-19-18-25-24-12-7-9-14-27(24)42-29-16-11-17-33-37(29)41(38(30)39(25)42,45(32)40(36)43)44(31)35(21-23)46-33/h7-11,16-28H,1-6,12-15H2;2*7-22H,1-6H3/q3*+2. The first-order valence-corrected chi connectivity index (χ1v) is 61.1. The largest absolute Gasteiger partial charge is 0.404 e. The van der Waals surface area contributed by atoms with E-state index in [2.05, 4.69) is 427 Å². The Morgan fingerprint density at radius 3 is 1.07 bits per heavy atom. The van der Waals surface area contributed by atoms with Crippen molar-refractivity contribution in [1.29, 1.82) is 0 Å². The molecule has 3 atom stereocenters. The van der Waals surface area contributed by atoms with Crippen LogP contribution in [0.25, 0.3) is 200 Å². The van der Waals surface area contributed by atoms with Gasteiger partial charge in [-0.25, -0.2) is 0 Å². The van der Waals surface area contributed by atoms with Crippen LogP contribution in [0.3, 0.4) is 0 Å². The zero-order chi connectivity index (χ0) is 97.9. The van der Waals surface area contributed by atoms with E-state index in [-0.39, 0.29) is 10.8 Å². The Kier molecular flexibility index (Phi) is 14.4. The first-order chi connectivity index (χ1) is 72.0. The Labute approximate surface area is 855 Å². The monoisotopic (exact) mass is 1950 g/mol. The highest BCUT2D eigenvalue weighted by Gasteiger charge is 2.77. The highest BCUT2D eigenvalue weighted by atomic mass is 28.3. The van der Waals surface area contributed by atoms with Gasteiger partial charge >= 0.3 is 51.6 Å². The van der Waals surface area contributed by atoms with Crippen LogP contribution in [-0.2, 0) is 27.8 Å². The van der Waals surface area contributed by atoms with Gasteiger partial charge in [-0.2, -0.15) is 13.7 Å². The van der Waals surface area contributed by atoms with E-state index in [9.17, 15) is 0 Å². The summed E-state index contributed by atoms with van der Waals surface area (Å²) >= 11 is 0. The molecule has 15 nitrogen and oxygen atoms in total. The minimum atomic E-state index is -1.83. The van der Waals surface area contributed by atoms with Crippen LogP contribution in [0.2, 0.25) is 39.3 Å². The smallest absolute Gasteiger partial charge is 0.378 e.